The Hall–Kier alpha value is -2.02. The second-order valence-electron chi connectivity index (χ2n) is 10.7. The minimum absolute atomic E-state index is 0.638. The van der Waals surface area contributed by atoms with Gasteiger partial charge in [-0.15, -0.1) is 6.58 Å². The van der Waals surface area contributed by atoms with Crippen LogP contribution in [0.3, 0.4) is 0 Å². The Kier molecular flexibility index (Phi) is 9.09. The van der Waals surface area contributed by atoms with Crippen molar-refractivity contribution in [2.24, 2.45) is 23.7 Å². The number of hydrogen-bond acceptors (Lipinski definition) is 1. The number of hydrogen-bond donors (Lipinski definition) is 0. The van der Waals surface area contributed by atoms with Crippen molar-refractivity contribution in [2.75, 3.05) is 6.61 Å². The first-order chi connectivity index (χ1) is 16.2. The average Bonchev–Trinajstić information content (AvgIpc) is 2.87. The fourth-order valence-corrected chi connectivity index (χ4v) is 6.38. The second-order valence-corrected chi connectivity index (χ2v) is 10.7. The topological polar surface area (TPSA) is 9.23 Å². The molecule has 1 heteroatoms. The molecule has 33 heavy (non-hydrogen) atoms. The number of fused-ring (bicyclic) bond motifs is 1. The van der Waals surface area contributed by atoms with Gasteiger partial charge in [0.05, 0.1) is 0 Å². The van der Waals surface area contributed by atoms with Crippen molar-refractivity contribution in [2.45, 2.75) is 84.0 Å². The van der Waals surface area contributed by atoms with E-state index in [9.17, 15) is 0 Å². The lowest BCUT2D eigenvalue weighted by Gasteiger charge is -2.38. The summed E-state index contributed by atoms with van der Waals surface area (Å²) in [5, 5.41) is 2.61. The molecule has 2 aromatic rings. The summed E-state index contributed by atoms with van der Waals surface area (Å²) >= 11 is 0. The molecule has 1 nitrogen and oxygen atoms in total. The van der Waals surface area contributed by atoms with Crippen LogP contribution in [0.5, 0.6) is 5.75 Å². The first-order valence-corrected chi connectivity index (χ1v) is 13.6. The first kappa shape index (κ1) is 24.1. The van der Waals surface area contributed by atoms with Crippen molar-refractivity contribution >= 4 is 10.8 Å². The molecule has 0 aromatic heterocycles. The monoisotopic (exact) mass is 444 g/mol. The van der Waals surface area contributed by atoms with Gasteiger partial charge < -0.3 is 4.74 Å². The summed E-state index contributed by atoms with van der Waals surface area (Å²) < 4.78 is 5.79. The lowest BCUT2D eigenvalue weighted by molar-refractivity contribution is 0.141. The van der Waals surface area contributed by atoms with Crippen LogP contribution in [0.25, 0.3) is 10.8 Å². The summed E-state index contributed by atoms with van der Waals surface area (Å²) in [5.74, 6) is 4.92. The molecule has 2 aromatic carbocycles. The zero-order valence-corrected chi connectivity index (χ0v) is 20.8. The van der Waals surface area contributed by atoms with E-state index >= 15 is 0 Å². The van der Waals surface area contributed by atoms with Crippen LogP contribution in [-0.4, -0.2) is 6.61 Å². The van der Waals surface area contributed by atoms with E-state index in [-0.39, 0.29) is 0 Å². The minimum Gasteiger partial charge on any atom is -0.490 e. The predicted molar refractivity (Wildman–Crippen MR) is 143 cm³/mol. The van der Waals surface area contributed by atoms with Gasteiger partial charge in [0, 0.05) is 0 Å². The first-order valence-electron chi connectivity index (χ1n) is 13.6. The van der Waals surface area contributed by atoms with Crippen molar-refractivity contribution in [1.82, 2.24) is 0 Å². The van der Waals surface area contributed by atoms with E-state index in [1.165, 1.54) is 93.4 Å². The molecule has 0 bridgehead atoms. The smallest absolute Gasteiger partial charge is 0.120 e. The molecule has 0 aliphatic heterocycles. The van der Waals surface area contributed by atoms with Crippen LogP contribution >= 0.6 is 0 Å². The molecule has 2 aliphatic carbocycles. The van der Waals surface area contributed by atoms with Gasteiger partial charge in [-0.1, -0.05) is 68.2 Å². The molecule has 2 fully saturated rings. The largest absolute Gasteiger partial charge is 0.490 e. The maximum atomic E-state index is 5.79. The lowest BCUT2D eigenvalue weighted by atomic mass is 9.68. The Morgan fingerprint density at radius 2 is 1.45 bits per heavy atom. The summed E-state index contributed by atoms with van der Waals surface area (Å²) in [4.78, 5) is 0. The molecular weight excluding hydrogens is 400 g/mol. The Balaban J connectivity index is 1.20. The number of benzene rings is 2. The molecular formula is C32H44O. The molecule has 4 rings (SSSR count). The molecule has 0 amide bonds. The molecule has 0 N–H and O–H groups in total. The van der Waals surface area contributed by atoms with Gasteiger partial charge in [-0.25, -0.2) is 0 Å². The van der Waals surface area contributed by atoms with Crippen LogP contribution in [0, 0.1) is 23.7 Å². The van der Waals surface area contributed by atoms with Gasteiger partial charge >= 0.3 is 0 Å². The SMILES string of the molecule is C=CCCC1CCC(C2CCC(CCc3ccc4cc(OCC=CC)ccc4c3)CC2)CC1. The maximum Gasteiger partial charge on any atom is 0.120 e. The van der Waals surface area contributed by atoms with Crippen LogP contribution in [0.15, 0.2) is 61.2 Å². The summed E-state index contributed by atoms with van der Waals surface area (Å²) in [6.07, 6.45) is 23.2. The number of allylic oxidation sites excluding steroid dienone is 2. The third kappa shape index (κ3) is 6.98. The average molecular weight is 445 g/mol. The highest BCUT2D eigenvalue weighted by atomic mass is 16.5. The van der Waals surface area contributed by atoms with Crippen molar-refractivity contribution in [3.63, 3.8) is 0 Å². The van der Waals surface area contributed by atoms with Gasteiger partial charge in [0.1, 0.15) is 12.4 Å². The summed E-state index contributed by atoms with van der Waals surface area (Å²) in [7, 11) is 0. The lowest BCUT2D eigenvalue weighted by Crippen LogP contribution is -2.26. The molecule has 0 spiro atoms. The summed E-state index contributed by atoms with van der Waals surface area (Å²) in [6, 6.07) is 13.5. The predicted octanol–water partition coefficient (Wildman–Crippen LogP) is 9.31. The fourth-order valence-electron chi connectivity index (χ4n) is 6.38. The highest BCUT2D eigenvalue weighted by Crippen LogP contribution is 2.43. The molecule has 178 valence electrons. The van der Waals surface area contributed by atoms with Crippen molar-refractivity contribution in [3.05, 3.63) is 66.8 Å². The number of rotatable bonds is 10. The van der Waals surface area contributed by atoms with Crippen LogP contribution in [0.1, 0.15) is 83.1 Å². The molecule has 0 unspecified atom stereocenters. The maximum absolute atomic E-state index is 5.79. The van der Waals surface area contributed by atoms with Gasteiger partial charge in [0.25, 0.3) is 0 Å². The van der Waals surface area contributed by atoms with E-state index in [4.69, 9.17) is 4.74 Å². The second kappa shape index (κ2) is 12.4. The van der Waals surface area contributed by atoms with E-state index in [1.807, 2.05) is 19.1 Å². The minimum atomic E-state index is 0.638. The van der Waals surface area contributed by atoms with Crippen molar-refractivity contribution in [1.29, 1.82) is 0 Å². The quantitative estimate of drug-likeness (QED) is 0.332. The molecule has 2 aliphatic rings. The molecule has 0 saturated heterocycles. The van der Waals surface area contributed by atoms with Crippen molar-refractivity contribution in [3.8, 4) is 5.75 Å². The number of ether oxygens (including phenoxy) is 1. The summed E-state index contributed by atoms with van der Waals surface area (Å²) in [6.45, 7) is 6.56. The Bertz CT molecular complexity index is 894. The third-order valence-corrected chi connectivity index (χ3v) is 8.53. The van der Waals surface area contributed by atoms with Gasteiger partial charge in [-0.3, -0.25) is 0 Å². The van der Waals surface area contributed by atoms with Crippen LogP contribution in [0.2, 0.25) is 0 Å². The zero-order chi connectivity index (χ0) is 22.9. The van der Waals surface area contributed by atoms with E-state index < -0.39 is 0 Å². The van der Waals surface area contributed by atoms with Gasteiger partial charge in [-0.05, 0) is 110 Å². The normalized spacial score (nSPS) is 26.0. The van der Waals surface area contributed by atoms with Gasteiger partial charge in [-0.2, -0.15) is 0 Å². The Morgan fingerprint density at radius 3 is 2.12 bits per heavy atom. The highest BCUT2D eigenvalue weighted by molar-refractivity contribution is 5.84. The fraction of sp³-hybridized carbons (Fsp3) is 0.562. The van der Waals surface area contributed by atoms with Crippen LogP contribution < -0.4 is 4.74 Å². The van der Waals surface area contributed by atoms with Gasteiger partial charge in [0.15, 0.2) is 0 Å². The van der Waals surface area contributed by atoms with Crippen molar-refractivity contribution < 1.29 is 4.74 Å². The van der Waals surface area contributed by atoms with E-state index in [0.29, 0.717) is 6.61 Å². The molecule has 0 heterocycles. The van der Waals surface area contributed by atoms with Crippen LogP contribution in [-0.2, 0) is 6.42 Å². The Labute approximate surface area is 202 Å². The molecule has 0 atom stereocenters. The standard InChI is InChI=1S/C32H44O/c1-3-5-7-25-10-15-28(16-11-25)29-17-12-26(13-18-29)8-9-27-14-19-31-24-32(33-22-6-4-2)21-20-30(31)23-27/h3-4,6,14,19-21,23-26,28-29H,1,5,7-13,15-18,22H2,2H3. The zero-order valence-electron chi connectivity index (χ0n) is 20.8. The van der Waals surface area contributed by atoms with E-state index in [2.05, 4.69) is 49.1 Å². The third-order valence-electron chi connectivity index (χ3n) is 8.53. The van der Waals surface area contributed by atoms with Crippen LogP contribution in [0.4, 0.5) is 0 Å². The summed E-state index contributed by atoms with van der Waals surface area (Å²) in [5.41, 5.74) is 1.49. The Morgan fingerprint density at radius 1 is 0.818 bits per heavy atom. The highest BCUT2D eigenvalue weighted by Gasteiger charge is 2.30. The van der Waals surface area contributed by atoms with E-state index in [0.717, 1.165) is 29.4 Å². The number of aryl methyl sites for hydroxylation is 1. The molecule has 2 saturated carbocycles. The molecule has 0 radical (unpaired) electrons. The van der Waals surface area contributed by atoms with Gasteiger partial charge in [0.2, 0.25) is 0 Å². The van der Waals surface area contributed by atoms with E-state index in [1.54, 1.807) is 0 Å².